The van der Waals surface area contributed by atoms with Crippen molar-refractivity contribution < 1.29 is 9.28 Å². The number of aryl methyl sites for hydroxylation is 2. The Balaban J connectivity index is 1.24. The number of hydrogen-bond donors (Lipinski definition) is 0. The van der Waals surface area contributed by atoms with Gasteiger partial charge in [0, 0.05) is 41.9 Å². The maximum absolute atomic E-state index is 13.0. The predicted molar refractivity (Wildman–Crippen MR) is 152 cm³/mol. The molecule has 37 heavy (non-hydrogen) atoms. The standard InChI is InChI=1S/C35H42NO/c1-34(2,3)29-19-17-28(18-20-29)33(37)14-8-9-23-36-24-21-30(22-25-36)35(36)31-12-6-4-10-26(31)15-16-27-11-5-7-13-32(27)35/h4-7,10-13,17-20,30H,8-9,14-16,21-25H2,1-3H3/q+1. The number of carbonyl (C=O) groups is 1. The Hall–Kier alpha value is -2.71. The number of carbonyl (C=O) groups excluding carboxylic acids is 1. The van der Waals surface area contributed by atoms with Gasteiger partial charge in [0.2, 0.25) is 0 Å². The molecule has 0 saturated carbocycles. The van der Waals surface area contributed by atoms with Crippen LogP contribution in [0.2, 0.25) is 0 Å². The number of unbranched alkanes of at least 4 members (excludes halogenated alkanes) is 1. The first kappa shape index (κ1) is 24.6. The highest BCUT2D eigenvalue weighted by atomic mass is 16.1. The van der Waals surface area contributed by atoms with Crippen LogP contribution in [0.15, 0.2) is 72.8 Å². The first-order valence-electron chi connectivity index (χ1n) is 14.5. The van der Waals surface area contributed by atoms with Crippen molar-refractivity contribution in [2.24, 2.45) is 5.92 Å². The van der Waals surface area contributed by atoms with E-state index in [1.807, 2.05) is 12.1 Å². The summed E-state index contributed by atoms with van der Waals surface area (Å²) in [4.78, 5) is 13.0. The van der Waals surface area contributed by atoms with Gasteiger partial charge in [-0.2, -0.15) is 0 Å². The van der Waals surface area contributed by atoms with Crippen molar-refractivity contribution in [3.63, 3.8) is 0 Å². The van der Waals surface area contributed by atoms with Crippen LogP contribution in [-0.4, -0.2) is 29.9 Å². The van der Waals surface area contributed by atoms with E-state index in [0.29, 0.717) is 12.2 Å². The van der Waals surface area contributed by atoms with E-state index in [0.717, 1.165) is 37.2 Å². The van der Waals surface area contributed by atoms with E-state index in [2.05, 4.69) is 81.4 Å². The van der Waals surface area contributed by atoms with Gasteiger partial charge >= 0.3 is 0 Å². The minimum atomic E-state index is 0.0937. The zero-order valence-electron chi connectivity index (χ0n) is 22.9. The largest absolute Gasteiger partial charge is 0.311 e. The van der Waals surface area contributed by atoms with E-state index in [-0.39, 0.29) is 11.0 Å². The molecule has 2 bridgehead atoms. The summed E-state index contributed by atoms with van der Waals surface area (Å²) in [6.07, 6.45) is 7.67. The Morgan fingerprint density at radius 3 is 1.95 bits per heavy atom. The molecule has 2 saturated heterocycles. The van der Waals surface area contributed by atoms with Crippen molar-refractivity contribution in [1.82, 2.24) is 0 Å². The lowest BCUT2D eigenvalue weighted by Gasteiger charge is -2.47. The van der Waals surface area contributed by atoms with Gasteiger partial charge in [-0.1, -0.05) is 93.6 Å². The van der Waals surface area contributed by atoms with Crippen LogP contribution < -0.4 is 0 Å². The van der Waals surface area contributed by atoms with Crippen LogP contribution in [0.25, 0.3) is 0 Å². The minimum Gasteiger partial charge on any atom is -0.311 e. The van der Waals surface area contributed by atoms with Crippen molar-refractivity contribution >= 4 is 5.78 Å². The lowest BCUT2D eigenvalue weighted by atomic mass is 9.72. The molecule has 2 aliphatic heterocycles. The highest BCUT2D eigenvalue weighted by Crippen LogP contribution is 2.61. The first-order valence-corrected chi connectivity index (χ1v) is 14.5. The number of Topliss-reactive ketones (excluding diaryl/α,β-unsaturated/α-hetero) is 1. The molecule has 0 atom stereocenters. The molecular formula is C35H42NO+. The monoisotopic (exact) mass is 492 g/mol. The molecule has 3 aliphatic rings. The fourth-order valence-corrected chi connectivity index (χ4v) is 8.21. The number of quaternary nitrogens is 1. The molecule has 1 aliphatic carbocycles. The maximum Gasteiger partial charge on any atom is 0.162 e. The normalized spacial score (nSPS) is 23.5. The van der Waals surface area contributed by atoms with E-state index in [9.17, 15) is 4.79 Å². The second-order valence-corrected chi connectivity index (χ2v) is 12.9. The Kier molecular flexibility index (Phi) is 6.15. The Labute approximate surface area is 223 Å². The van der Waals surface area contributed by atoms with Gasteiger partial charge in [0.05, 0.1) is 19.6 Å². The number of fused-ring (bicyclic) bond motifs is 2. The van der Waals surface area contributed by atoms with Gasteiger partial charge in [-0.15, -0.1) is 0 Å². The fraction of sp³-hybridized carbons (Fsp3) is 0.457. The lowest BCUT2D eigenvalue weighted by molar-refractivity contribution is -0.956. The Bertz CT molecular complexity index is 1240. The zero-order chi connectivity index (χ0) is 25.7. The van der Waals surface area contributed by atoms with Crippen LogP contribution >= 0.6 is 0 Å². The summed E-state index contributed by atoms with van der Waals surface area (Å²) in [7, 11) is 0. The molecular weight excluding hydrogens is 450 g/mol. The molecule has 0 aromatic heterocycles. The summed E-state index contributed by atoms with van der Waals surface area (Å²) >= 11 is 0. The summed E-state index contributed by atoms with van der Waals surface area (Å²) in [5.74, 6) is 1.01. The minimum absolute atomic E-state index is 0.0937. The summed E-state index contributed by atoms with van der Waals surface area (Å²) in [6.45, 7) is 10.4. The molecule has 0 amide bonds. The van der Waals surface area contributed by atoms with Gasteiger partial charge in [-0.3, -0.25) is 4.79 Å². The van der Waals surface area contributed by atoms with E-state index in [4.69, 9.17) is 0 Å². The third-order valence-corrected chi connectivity index (χ3v) is 9.98. The summed E-state index contributed by atoms with van der Waals surface area (Å²) in [5.41, 5.74) is 8.69. The molecule has 3 aromatic rings. The van der Waals surface area contributed by atoms with Crippen molar-refractivity contribution in [2.45, 2.75) is 76.7 Å². The van der Waals surface area contributed by atoms with Gasteiger partial charge in [-0.05, 0) is 47.8 Å². The number of hydrogen-bond acceptors (Lipinski definition) is 1. The van der Waals surface area contributed by atoms with E-state index >= 15 is 0 Å². The maximum atomic E-state index is 13.0. The van der Waals surface area contributed by atoms with Gasteiger partial charge in [0.15, 0.2) is 11.3 Å². The Morgan fingerprint density at radius 1 is 0.811 bits per heavy atom. The quantitative estimate of drug-likeness (QED) is 0.196. The number of piperidine rings is 1. The van der Waals surface area contributed by atoms with Crippen LogP contribution in [0.5, 0.6) is 0 Å². The molecule has 6 rings (SSSR count). The summed E-state index contributed by atoms with van der Waals surface area (Å²) in [6, 6.07) is 27.0. The van der Waals surface area contributed by atoms with Gasteiger partial charge in [0.25, 0.3) is 0 Å². The molecule has 1 spiro atoms. The molecule has 0 N–H and O–H groups in total. The first-order chi connectivity index (χ1) is 17.8. The van der Waals surface area contributed by atoms with Crippen molar-refractivity contribution in [3.05, 3.63) is 106 Å². The third-order valence-electron chi connectivity index (χ3n) is 9.98. The molecule has 2 heterocycles. The fourth-order valence-electron chi connectivity index (χ4n) is 8.21. The predicted octanol–water partition coefficient (Wildman–Crippen LogP) is 7.62. The zero-order valence-corrected chi connectivity index (χ0v) is 22.9. The molecule has 192 valence electrons. The molecule has 0 radical (unpaired) electrons. The van der Waals surface area contributed by atoms with Crippen molar-refractivity contribution in [2.75, 3.05) is 19.6 Å². The van der Waals surface area contributed by atoms with Crippen LogP contribution in [0, 0.1) is 5.92 Å². The molecule has 3 aromatic carbocycles. The molecule has 2 heteroatoms. The van der Waals surface area contributed by atoms with Gasteiger partial charge in [-0.25, -0.2) is 0 Å². The van der Waals surface area contributed by atoms with Crippen LogP contribution in [-0.2, 0) is 23.8 Å². The van der Waals surface area contributed by atoms with Gasteiger partial charge < -0.3 is 4.48 Å². The SMILES string of the molecule is CC(C)(C)c1ccc(C(=O)CCCC[N+]23CCC(CC2)C32c3ccccc3CCc3ccccc32)cc1. The lowest BCUT2D eigenvalue weighted by Crippen LogP contribution is -2.58. The second-order valence-electron chi connectivity index (χ2n) is 12.9. The van der Waals surface area contributed by atoms with Crippen LogP contribution in [0.4, 0.5) is 0 Å². The smallest absolute Gasteiger partial charge is 0.162 e. The number of rotatable bonds is 6. The topological polar surface area (TPSA) is 17.1 Å². The molecule has 0 unspecified atom stereocenters. The molecule has 2 nitrogen and oxygen atoms in total. The average molecular weight is 493 g/mol. The van der Waals surface area contributed by atoms with Crippen molar-refractivity contribution in [1.29, 1.82) is 0 Å². The average Bonchev–Trinajstić information content (AvgIpc) is 3.34. The highest BCUT2D eigenvalue weighted by Gasteiger charge is 2.67. The number of benzene rings is 3. The molecule has 2 fully saturated rings. The highest BCUT2D eigenvalue weighted by molar-refractivity contribution is 5.96. The van der Waals surface area contributed by atoms with E-state index in [1.165, 1.54) is 42.5 Å². The second kappa shape index (κ2) is 9.24. The summed E-state index contributed by atoms with van der Waals surface area (Å²) in [5, 5.41) is 0. The van der Waals surface area contributed by atoms with Crippen molar-refractivity contribution in [3.8, 4) is 0 Å². The van der Waals surface area contributed by atoms with Crippen LogP contribution in [0.1, 0.15) is 91.1 Å². The Morgan fingerprint density at radius 2 is 1.38 bits per heavy atom. The van der Waals surface area contributed by atoms with Gasteiger partial charge in [0.1, 0.15) is 0 Å². The number of ketones is 1. The summed E-state index contributed by atoms with van der Waals surface area (Å²) < 4.78 is 1.19. The van der Waals surface area contributed by atoms with E-state index < -0.39 is 0 Å². The number of nitrogens with zero attached hydrogens (tertiary/aromatic N) is 1. The third kappa shape index (κ3) is 3.91. The van der Waals surface area contributed by atoms with Crippen LogP contribution in [0.3, 0.4) is 0 Å². The van der Waals surface area contributed by atoms with E-state index in [1.54, 1.807) is 22.3 Å².